The van der Waals surface area contributed by atoms with Crippen LogP contribution in [0.25, 0.3) is 11.6 Å². The van der Waals surface area contributed by atoms with Crippen molar-refractivity contribution in [3.63, 3.8) is 0 Å². The molecule has 0 bridgehead atoms. The van der Waals surface area contributed by atoms with Crippen LogP contribution in [0, 0.1) is 0 Å². The summed E-state index contributed by atoms with van der Waals surface area (Å²) in [5, 5.41) is 3.32. The van der Waals surface area contributed by atoms with Crippen LogP contribution in [-0.2, 0) is 0 Å². The van der Waals surface area contributed by atoms with Crippen LogP contribution in [0.1, 0.15) is 24.5 Å². The average Bonchev–Trinajstić information content (AvgIpc) is 2.54. The molecule has 0 atom stereocenters. The van der Waals surface area contributed by atoms with Gasteiger partial charge in [0.15, 0.2) is 5.75 Å². The van der Waals surface area contributed by atoms with E-state index in [1.807, 2.05) is 43.3 Å². The third-order valence-corrected chi connectivity index (χ3v) is 3.71. The summed E-state index contributed by atoms with van der Waals surface area (Å²) in [6, 6.07) is 7.91. The van der Waals surface area contributed by atoms with E-state index in [-0.39, 0.29) is 5.75 Å². The molecule has 1 heterocycles. The molecule has 0 saturated carbocycles. The Labute approximate surface area is 122 Å². The van der Waals surface area contributed by atoms with Gasteiger partial charge in [0.05, 0.1) is 12.7 Å². The minimum Gasteiger partial charge on any atom is -0.492 e. The Morgan fingerprint density at radius 3 is 2.62 bits per heavy atom. The number of nitrogens with one attached hydrogen (secondary N) is 1. The molecule has 1 aliphatic rings. The van der Waals surface area contributed by atoms with Crippen LogP contribution in [0.4, 0.5) is 5.69 Å². The molecule has 2 aromatic rings. The minimum atomic E-state index is -0.542. The topological polar surface area (TPSA) is 55.4 Å². The molecule has 0 aliphatic carbocycles. The Kier molecular flexibility index (Phi) is 3.22. The first-order chi connectivity index (χ1) is 10.2. The SMILES string of the molecule is CCC(=C1C=Cc2ccccc2N1)c1c(OC)c(=O)c1=O. The highest BCUT2D eigenvalue weighted by molar-refractivity contribution is 5.85. The first kappa shape index (κ1) is 13.4. The second kappa shape index (κ2) is 5.05. The number of ether oxygens (including phenoxy) is 1. The van der Waals surface area contributed by atoms with Crippen molar-refractivity contribution in [2.75, 3.05) is 12.4 Å². The number of fused-ring (bicyclic) bond motifs is 1. The van der Waals surface area contributed by atoms with Gasteiger partial charge < -0.3 is 10.1 Å². The van der Waals surface area contributed by atoms with Crippen molar-refractivity contribution in [3.05, 3.63) is 67.6 Å². The normalized spacial score (nSPS) is 15.5. The molecular weight excluding hydrogens is 266 g/mol. The summed E-state index contributed by atoms with van der Waals surface area (Å²) in [7, 11) is 1.41. The Bertz CT molecular complexity index is 836. The third kappa shape index (κ3) is 2.00. The van der Waals surface area contributed by atoms with Crippen molar-refractivity contribution < 1.29 is 4.74 Å². The molecule has 0 radical (unpaired) electrons. The van der Waals surface area contributed by atoms with E-state index in [2.05, 4.69) is 5.32 Å². The molecular formula is C17H15NO3. The Hall–Kier alpha value is -2.62. The van der Waals surface area contributed by atoms with Crippen LogP contribution < -0.4 is 20.9 Å². The van der Waals surface area contributed by atoms with E-state index in [1.165, 1.54) is 7.11 Å². The lowest BCUT2D eigenvalue weighted by Gasteiger charge is -2.20. The van der Waals surface area contributed by atoms with Gasteiger partial charge in [-0.05, 0) is 29.7 Å². The average molecular weight is 281 g/mol. The van der Waals surface area contributed by atoms with Gasteiger partial charge in [0, 0.05) is 11.4 Å². The lowest BCUT2D eigenvalue weighted by atomic mass is 9.94. The number of hydrogen-bond acceptors (Lipinski definition) is 4. The summed E-state index contributed by atoms with van der Waals surface area (Å²) in [5.74, 6) is 0.165. The zero-order chi connectivity index (χ0) is 15.0. The molecule has 21 heavy (non-hydrogen) atoms. The number of anilines is 1. The monoisotopic (exact) mass is 281 g/mol. The molecule has 1 N–H and O–H groups in total. The first-order valence-corrected chi connectivity index (χ1v) is 6.82. The smallest absolute Gasteiger partial charge is 0.268 e. The zero-order valence-electron chi connectivity index (χ0n) is 11.9. The van der Waals surface area contributed by atoms with Crippen molar-refractivity contribution in [1.82, 2.24) is 0 Å². The van der Waals surface area contributed by atoms with E-state index >= 15 is 0 Å². The van der Waals surface area contributed by atoms with Gasteiger partial charge in [-0.1, -0.05) is 31.2 Å². The van der Waals surface area contributed by atoms with Gasteiger partial charge in [-0.15, -0.1) is 0 Å². The fraction of sp³-hybridized carbons (Fsp3) is 0.176. The molecule has 4 heteroatoms. The first-order valence-electron chi connectivity index (χ1n) is 6.82. The summed E-state index contributed by atoms with van der Waals surface area (Å²) in [6.45, 7) is 1.95. The van der Waals surface area contributed by atoms with E-state index in [4.69, 9.17) is 4.74 Å². The number of rotatable bonds is 3. The summed E-state index contributed by atoms with van der Waals surface area (Å²) < 4.78 is 5.05. The molecule has 1 aliphatic heterocycles. The van der Waals surface area contributed by atoms with Crippen LogP contribution in [0.2, 0.25) is 0 Å². The van der Waals surface area contributed by atoms with E-state index in [9.17, 15) is 9.59 Å². The van der Waals surface area contributed by atoms with E-state index in [1.54, 1.807) is 0 Å². The highest BCUT2D eigenvalue weighted by Crippen LogP contribution is 2.32. The molecule has 0 unspecified atom stereocenters. The molecule has 0 spiro atoms. The van der Waals surface area contributed by atoms with Crippen molar-refractivity contribution in [2.24, 2.45) is 0 Å². The fourth-order valence-corrected chi connectivity index (χ4v) is 2.63. The number of benzene rings is 1. The quantitative estimate of drug-likeness (QED) is 0.878. The number of allylic oxidation sites excluding steroid dienone is 2. The Balaban J connectivity index is 2.11. The molecule has 4 nitrogen and oxygen atoms in total. The lowest BCUT2D eigenvalue weighted by molar-refractivity contribution is 0.403. The maximum absolute atomic E-state index is 11.8. The predicted molar refractivity (Wildman–Crippen MR) is 84.2 cm³/mol. The Morgan fingerprint density at radius 2 is 1.90 bits per heavy atom. The second-order valence-electron chi connectivity index (χ2n) is 4.86. The van der Waals surface area contributed by atoms with Crippen LogP contribution in [-0.4, -0.2) is 7.11 Å². The molecule has 0 amide bonds. The summed E-state index contributed by atoms with van der Waals surface area (Å²) >= 11 is 0. The predicted octanol–water partition coefficient (Wildman–Crippen LogP) is 2.55. The Morgan fingerprint density at radius 1 is 1.14 bits per heavy atom. The van der Waals surface area contributed by atoms with Crippen LogP contribution in [0.15, 0.2) is 45.6 Å². The molecule has 3 rings (SSSR count). The number of para-hydroxylation sites is 1. The third-order valence-electron chi connectivity index (χ3n) is 3.71. The van der Waals surface area contributed by atoms with E-state index in [0.29, 0.717) is 12.0 Å². The molecule has 0 aromatic heterocycles. The van der Waals surface area contributed by atoms with Crippen LogP contribution in [0.3, 0.4) is 0 Å². The number of hydrogen-bond donors (Lipinski definition) is 1. The van der Waals surface area contributed by atoms with Crippen LogP contribution >= 0.6 is 0 Å². The summed E-state index contributed by atoms with van der Waals surface area (Å²) in [6.07, 6.45) is 4.56. The molecule has 0 fully saturated rings. The van der Waals surface area contributed by atoms with Gasteiger partial charge in [-0.25, -0.2) is 0 Å². The van der Waals surface area contributed by atoms with Gasteiger partial charge >= 0.3 is 0 Å². The second-order valence-corrected chi connectivity index (χ2v) is 4.86. The highest BCUT2D eigenvalue weighted by atomic mass is 16.5. The summed E-state index contributed by atoms with van der Waals surface area (Å²) in [5.41, 5.74) is 3.11. The van der Waals surface area contributed by atoms with Crippen molar-refractivity contribution >= 4 is 17.3 Å². The van der Waals surface area contributed by atoms with Gasteiger partial charge in [0.25, 0.3) is 5.43 Å². The maximum Gasteiger partial charge on any atom is 0.268 e. The molecule has 106 valence electrons. The fourth-order valence-electron chi connectivity index (χ4n) is 2.63. The van der Waals surface area contributed by atoms with Crippen molar-refractivity contribution in [2.45, 2.75) is 13.3 Å². The van der Waals surface area contributed by atoms with E-state index < -0.39 is 10.9 Å². The van der Waals surface area contributed by atoms with E-state index in [0.717, 1.165) is 22.5 Å². The van der Waals surface area contributed by atoms with Crippen molar-refractivity contribution in [3.8, 4) is 5.75 Å². The largest absolute Gasteiger partial charge is 0.492 e. The number of methoxy groups -OCH3 is 1. The highest BCUT2D eigenvalue weighted by Gasteiger charge is 2.26. The maximum atomic E-state index is 11.8. The van der Waals surface area contributed by atoms with Crippen molar-refractivity contribution in [1.29, 1.82) is 0 Å². The van der Waals surface area contributed by atoms with Crippen LogP contribution in [0.5, 0.6) is 5.75 Å². The standard InChI is InChI=1S/C17H15NO3/c1-3-11(14-15(19)16(20)17(14)21-2)13-9-8-10-6-4-5-7-12(10)18-13/h4-9,18H,3H2,1-2H3. The van der Waals surface area contributed by atoms with Gasteiger partial charge in [0.2, 0.25) is 5.43 Å². The van der Waals surface area contributed by atoms with Gasteiger partial charge in [-0.3, -0.25) is 9.59 Å². The molecule has 2 aromatic carbocycles. The van der Waals surface area contributed by atoms with Gasteiger partial charge in [-0.2, -0.15) is 0 Å². The van der Waals surface area contributed by atoms with Gasteiger partial charge in [0.1, 0.15) is 0 Å². The zero-order valence-corrected chi connectivity index (χ0v) is 11.9. The molecule has 0 saturated heterocycles. The minimum absolute atomic E-state index is 0.165. The lowest BCUT2D eigenvalue weighted by Crippen LogP contribution is -2.36. The summed E-state index contributed by atoms with van der Waals surface area (Å²) in [4.78, 5) is 23.4.